The van der Waals surface area contributed by atoms with Crippen LogP contribution in [-0.4, -0.2) is 34.6 Å². The summed E-state index contributed by atoms with van der Waals surface area (Å²) in [6.07, 6.45) is 3.67. The molecule has 1 saturated heterocycles. The molecule has 1 aromatic carbocycles. The maximum atomic E-state index is 12.5. The number of nitrogens with zero attached hydrogens (tertiary/aromatic N) is 2. The van der Waals surface area contributed by atoms with Crippen molar-refractivity contribution in [3.05, 3.63) is 58.5 Å². The summed E-state index contributed by atoms with van der Waals surface area (Å²) < 4.78 is 6.67. The van der Waals surface area contributed by atoms with Crippen LogP contribution in [0.1, 0.15) is 18.4 Å². The van der Waals surface area contributed by atoms with Crippen LogP contribution in [0.2, 0.25) is 0 Å². The van der Waals surface area contributed by atoms with Crippen molar-refractivity contribution >= 4 is 11.7 Å². The van der Waals surface area contributed by atoms with Crippen molar-refractivity contribution in [2.45, 2.75) is 24.8 Å². The van der Waals surface area contributed by atoms with Crippen molar-refractivity contribution in [3.63, 3.8) is 0 Å². The van der Waals surface area contributed by atoms with Gasteiger partial charge in [0.15, 0.2) is 0 Å². The maximum absolute atomic E-state index is 12.5. The van der Waals surface area contributed by atoms with Crippen molar-refractivity contribution < 1.29 is 9.53 Å². The van der Waals surface area contributed by atoms with E-state index < -0.39 is 0 Å². The molecule has 132 valence electrons. The Morgan fingerprint density at radius 3 is 2.68 bits per heavy atom. The van der Waals surface area contributed by atoms with E-state index in [4.69, 9.17) is 4.74 Å². The normalized spacial score (nSPS) is 16.2. The number of aromatic nitrogens is 2. The maximum Gasteiger partial charge on any atom is 0.319 e. The molecule has 7 heteroatoms. The highest BCUT2D eigenvalue weighted by atomic mass is 16.5. The molecular formula is C18H22N4O3. The number of ether oxygens (including phenoxy) is 1. The van der Waals surface area contributed by atoms with Crippen LogP contribution in [0.3, 0.4) is 0 Å². The molecule has 1 fully saturated rings. The van der Waals surface area contributed by atoms with Gasteiger partial charge in [-0.3, -0.25) is 4.79 Å². The van der Waals surface area contributed by atoms with Crippen LogP contribution in [0.5, 0.6) is 0 Å². The molecule has 0 aliphatic carbocycles. The van der Waals surface area contributed by atoms with E-state index in [0.29, 0.717) is 18.9 Å². The Hall–Kier alpha value is -2.67. The monoisotopic (exact) mass is 342 g/mol. The topological polar surface area (TPSA) is 85.2 Å². The molecule has 25 heavy (non-hydrogen) atoms. The predicted molar refractivity (Wildman–Crippen MR) is 94.6 cm³/mol. The molecule has 1 aliphatic heterocycles. The zero-order valence-electron chi connectivity index (χ0n) is 14.2. The lowest BCUT2D eigenvalue weighted by atomic mass is 9.84. The van der Waals surface area contributed by atoms with Gasteiger partial charge in [0, 0.05) is 26.3 Å². The number of hydrogen-bond donors (Lipinski definition) is 2. The number of nitrogens with one attached hydrogen (secondary N) is 2. The minimum atomic E-state index is -0.364. The second-order valence-corrected chi connectivity index (χ2v) is 6.34. The largest absolute Gasteiger partial charge is 0.381 e. The van der Waals surface area contributed by atoms with E-state index >= 15 is 0 Å². The molecule has 0 unspecified atom stereocenters. The highest BCUT2D eigenvalue weighted by molar-refractivity contribution is 5.89. The summed E-state index contributed by atoms with van der Waals surface area (Å²) in [4.78, 5) is 24.1. The average Bonchev–Trinajstić information content (AvgIpc) is 2.59. The fraction of sp³-hybridized carbons (Fsp3) is 0.389. The molecule has 7 nitrogen and oxygen atoms in total. The molecule has 0 atom stereocenters. The van der Waals surface area contributed by atoms with Crippen LogP contribution in [0.15, 0.2) is 47.4 Å². The zero-order valence-corrected chi connectivity index (χ0v) is 14.2. The van der Waals surface area contributed by atoms with Crippen molar-refractivity contribution in [2.75, 3.05) is 18.5 Å². The highest BCUT2D eigenvalue weighted by Crippen LogP contribution is 2.25. The Labute approximate surface area is 146 Å². The number of hydrogen-bond acceptors (Lipinski definition) is 4. The summed E-state index contributed by atoms with van der Waals surface area (Å²) >= 11 is 0. The van der Waals surface area contributed by atoms with Crippen LogP contribution in [0.25, 0.3) is 0 Å². The highest BCUT2D eigenvalue weighted by Gasteiger charge is 2.34. The number of aryl methyl sites for hydroxylation is 1. The third kappa shape index (κ3) is 4.45. The van der Waals surface area contributed by atoms with Gasteiger partial charge in [0.05, 0.1) is 17.4 Å². The quantitative estimate of drug-likeness (QED) is 0.885. The van der Waals surface area contributed by atoms with Crippen LogP contribution in [0, 0.1) is 0 Å². The third-order valence-corrected chi connectivity index (χ3v) is 4.44. The van der Waals surface area contributed by atoms with E-state index in [9.17, 15) is 9.59 Å². The summed E-state index contributed by atoms with van der Waals surface area (Å²) in [5, 5.41) is 9.70. The first-order valence-electron chi connectivity index (χ1n) is 8.31. The van der Waals surface area contributed by atoms with Gasteiger partial charge in [0.25, 0.3) is 5.56 Å². The number of amides is 2. The van der Waals surface area contributed by atoms with Crippen molar-refractivity contribution in [1.82, 2.24) is 15.1 Å². The van der Waals surface area contributed by atoms with Gasteiger partial charge >= 0.3 is 6.03 Å². The van der Waals surface area contributed by atoms with E-state index in [0.717, 1.165) is 19.3 Å². The second-order valence-electron chi connectivity index (χ2n) is 6.34. The molecule has 1 aliphatic rings. The van der Waals surface area contributed by atoms with Crippen molar-refractivity contribution in [1.29, 1.82) is 0 Å². The smallest absolute Gasteiger partial charge is 0.319 e. The Morgan fingerprint density at radius 1 is 1.28 bits per heavy atom. The lowest BCUT2D eigenvalue weighted by Crippen LogP contribution is -2.54. The molecule has 3 rings (SSSR count). The summed E-state index contributed by atoms with van der Waals surface area (Å²) in [7, 11) is 1.56. The number of urea groups is 1. The number of anilines is 1. The third-order valence-electron chi connectivity index (χ3n) is 4.44. The molecule has 2 aromatic rings. The first-order valence-corrected chi connectivity index (χ1v) is 8.31. The lowest BCUT2D eigenvalue weighted by Gasteiger charge is -2.38. The molecule has 2 heterocycles. The van der Waals surface area contributed by atoms with E-state index in [-0.39, 0.29) is 17.1 Å². The van der Waals surface area contributed by atoms with Gasteiger partial charge in [0.1, 0.15) is 0 Å². The van der Waals surface area contributed by atoms with Gasteiger partial charge in [-0.2, -0.15) is 5.10 Å². The van der Waals surface area contributed by atoms with Crippen LogP contribution in [0.4, 0.5) is 10.5 Å². The summed E-state index contributed by atoms with van der Waals surface area (Å²) in [5.74, 6) is 0. The second kappa shape index (κ2) is 7.48. The minimum Gasteiger partial charge on any atom is -0.381 e. The fourth-order valence-electron chi connectivity index (χ4n) is 3.04. The molecule has 2 N–H and O–H groups in total. The zero-order chi connectivity index (χ0) is 17.7. The van der Waals surface area contributed by atoms with E-state index in [1.54, 1.807) is 7.05 Å². The van der Waals surface area contributed by atoms with Gasteiger partial charge in [-0.1, -0.05) is 30.3 Å². The summed E-state index contributed by atoms with van der Waals surface area (Å²) in [6, 6.07) is 11.1. The van der Waals surface area contributed by atoms with Crippen LogP contribution >= 0.6 is 0 Å². The number of rotatable bonds is 4. The van der Waals surface area contributed by atoms with Gasteiger partial charge in [-0.25, -0.2) is 9.48 Å². The first-order chi connectivity index (χ1) is 12.1. The van der Waals surface area contributed by atoms with E-state index in [2.05, 4.69) is 27.9 Å². The Bertz CT molecular complexity index is 782. The van der Waals surface area contributed by atoms with Gasteiger partial charge < -0.3 is 15.4 Å². The Morgan fingerprint density at radius 2 is 2.00 bits per heavy atom. The minimum absolute atomic E-state index is 0.275. The number of carbonyl (C=O) groups is 1. The number of carbonyl (C=O) groups excluding carboxylic acids is 1. The summed E-state index contributed by atoms with van der Waals surface area (Å²) in [6.45, 7) is 1.22. The molecular weight excluding hydrogens is 320 g/mol. The fourth-order valence-corrected chi connectivity index (χ4v) is 3.04. The van der Waals surface area contributed by atoms with Crippen LogP contribution in [-0.2, 0) is 18.2 Å². The van der Waals surface area contributed by atoms with Gasteiger partial charge in [0.2, 0.25) is 0 Å². The average molecular weight is 342 g/mol. The Balaban J connectivity index is 1.72. The van der Waals surface area contributed by atoms with E-state index in [1.165, 1.54) is 22.5 Å². The standard InChI is InChI=1S/C18H22N4O3/c1-22-16(23)11-15(13-19-22)20-17(24)21-18(7-9-25-10-8-18)12-14-5-3-2-4-6-14/h2-6,11,13H,7-10,12H2,1H3,(H2,20,21,24). The summed E-state index contributed by atoms with van der Waals surface area (Å²) in [5.41, 5.74) is 0.905. The van der Waals surface area contributed by atoms with Gasteiger partial charge in [-0.15, -0.1) is 0 Å². The molecule has 2 amide bonds. The van der Waals surface area contributed by atoms with Crippen molar-refractivity contribution in [2.24, 2.45) is 7.05 Å². The SMILES string of the molecule is Cn1ncc(NC(=O)NC2(Cc3ccccc3)CCOCC2)cc1=O. The molecule has 0 radical (unpaired) electrons. The van der Waals surface area contributed by atoms with Gasteiger partial charge in [-0.05, 0) is 24.8 Å². The molecule has 0 saturated carbocycles. The molecule has 0 spiro atoms. The van der Waals surface area contributed by atoms with Crippen molar-refractivity contribution in [3.8, 4) is 0 Å². The lowest BCUT2D eigenvalue weighted by molar-refractivity contribution is 0.0432. The van der Waals surface area contributed by atoms with E-state index in [1.807, 2.05) is 18.2 Å². The molecule has 1 aromatic heterocycles. The molecule has 0 bridgehead atoms. The predicted octanol–water partition coefficient (Wildman–Crippen LogP) is 1.69. The van der Waals surface area contributed by atoms with Crippen LogP contribution < -0.4 is 16.2 Å². The number of benzene rings is 1. The Kier molecular flexibility index (Phi) is 5.14. The first kappa shape index (κ1) is 17.2.